The van der Waals surface area contributed by atoms with Crippen LogP contribution in [0.15, 0.2) is 53.4 Å². The lowest BCUT2D eigenvalue weighted by atomic mass is 10.2. The van der Waals surface area contributed by atoms with E-state index in [2.05, 4.69) is 5.32 Å². The Hall–Kier alpha value is -2.54. The Kier molecular flexibility index (Phi) is 7.47. The lowest BCUT2D eigenvalue weighted by Gasteiger charge is -2.13. The van der Waals surface area contributed by atoms with Crippen LogP contribution >= 0.6 is 11.8 Å². The summed E-state index contributed by atoms with van der Waals surface area (Å²) in [6.07, 6.45) is -0.903. The summed E-state index contributed by atoms with van der Waals surface area (Å²) in [5.41, 5.74) is 0.758. The van der Waals surface area contributed by atoms with Crippen molar-refractivity contribution in [1.29, 1.82) is 0 Å². The monoisotopic (exact) mass is 377 g/mol. The largest absolute Gasteiger partial charge is 0.497 e. The maximum Gasteiger partial charge on any atom is 0.317 e. The summed E-state index contributed by atoms with van der Waals surface area (Å²) in [5, 5.41) is 2.65. The molecule has 2 aromatic rings. The van der Waals surface area contributed by atoms with E-state index in [0.717, 1.165) is 16.2 Å². The van der Waals surface area contributed by atoms with Gasteiger partial charge >= 0.3 is 5.97 Å². The van der Waals surface area contributed by atoms with Crippen LogP contribution in [0.1, 0.15) is 12.5 Å². The molecule has 0 saturated carbocycles. The summed E-state index contributed by atoms with van der Waals surface area (Å²) in [6, 6.07) is 13.1. The van der Waals surface area contributed by atoms with E-state index in [1.165, 1.54) is 30.8 Å². The predicted octanol–water partition coefficient (Wildman–Crippen LogP) is 3.17. The van der Waals surface area contributed by atoms with Crippen molar-refractivity contribution in [3.8, 4) is 5.75 Å². The molecule has 1 amide bonds. The maximum atomic E-state index is 12.8. The van der Waals surface area contributed by atoms with Crippen LogP contribution in [0.4, 0.5) is 4.39 Å². The van der Waals surface area contributed by atoms with E-state index in [1.54, 1.807) is 31.4 Å². The summed E-state index contributed by atoms with van der Waals surface area (Å²) >= 11 is 1.32. The van der Waals surface area contributed by atoms with E-state index in [4.69, 9.17) is 9.47 Å². The van der Waals surface area contributed by atoms with E-state index >= 15 is 0 Å². The Morgan fingerprint density at radius 2 is 1.77 bits per heavy atom. The van der Waals surface area contributed by atoms with Gasteiger partial charge in [0.15, 0.2) is 6.10 Å². The molecule has 1 N–H and O–H groups in total. The third-order valence-corrected chi connectivity index (χ3v) is 4.46. The van der Waals surface area contributed by atoms with Gasteiger partial charge in [0, 0.05) is 11.4 Å². The number of hydrogen-bond donors (Lipinski definition) is 1. The number of hydrogen-bond acceptors (Lipinski definition) is 5. The van der Waals surface area contributed by atoms with Crippen molar-refractivity contribution < 1.29 is 23.5 Å². The lowest BCUT2D eigenvalue weighted by molar-refractivity contribution is -0.152. The van der Waals surface area contributed by atoms with Crippen molar-refractivity contribution in [3.05, 3.63) is 59.9 Å². The molecule has 0 aromatic heterocycles. The number of ether oxygens (including phenoxy) is 2. The molecule has 2 aromatic carbocycles. The second-order valence-electron chi connectivity index (χ2n) is 5.44. The molecule has 0 aliphatic heterocycles. The molecule has 0 saturated heterocycles. The highest BCUT2D eigenvalue weighted by Crippen LogP contribution is 2.21. The second-order valence-corrected chi connectivity index (χ2v) is 6.49. The summed E-state index contributed by atoms with van der Waals surface area (Å²) in [5.74, 6) is -0.380. The number of benzene rings is 2. The summed E-state index contributed by atoms with van der Waals surface area (Å²) < 4.78 is 23.0. The molecule has 7 heteroatoms. The summed E-state index contributed by atoms with van der Waals surface area (Å²) in [6.45, 7) is 1.75. The Bertz CT molecular complexity index is 734. The molecule has 138 valence electrons. The standard InChI is InChI=1S/C19H20FNO4S/c1-13(19(23)21-11-14-3-5-15(20)6-4-14)25-18(22)12-26-17-9-7-16(24-2)8-10-17/h3-10,13H,11-12H2,1-2H3,(H,21,23)/t13-/m1/s1. The molecule has 0 fully saturated rings. The molecular formula is C19H20FNO4S. The van der Waals surface area contributed by atoms with Crippen LogP contribution < -0.4 is 10.1 Å². The van der Waals surface area contributed by atoms with Gasteiger partial charge in [-0.15, -0.1) is 11.8 Å². The summed E-state index contributed by atoms with van der Waals surface area (Å²) in [4.78, 5) is 24.8. The second kappa shape index (κ2) is 9.82. The molecular weight excluding hydrogens is 357 g/mol. The van der Waals surface area contributed by atoms with Crippen molar-refractivity contribution in [1.82, 2.24) is 5.32 Å². The van der Waals surface area contributed by atoms with Crippen molar-refractivity contribution in [2.24, 2.45) is 0 Å². The fourth-order valence-corrected chi connectivity index (χ4v) is 2.72. The number of nitrogens with one attached hydrogen (secondary N) is 1. The van der Waals surface area contributed by atoms with Gasteiger partial charge in [0.05, 0.1) is 12.9 Å². The summed E-state index contributed by atoms with van der Waals surface area (Å²) in [7, 11) is 1.59. The van der Waals surface area contributed by atoms with Crippen LogP contribution in [0.5, 0.6) is 5.75 Å². The molecule has 0 heterocycles. The lowest BCUT2D eigenvalue weighted by Crippen LogP contribution is -2.35. The van der Waals surface area contributed by atoms with E-state index in [1.807, 2.05) is 12.1 Å². The molecule has 2 rings (SSSR count). The Morgan fingerprint density at radius 1 is 1.12 bits per heavy atom. The number of esters is 1. The zero-order valence-electron chi connectivity index (χ0n) is 14.5. The smallest absolute Gasteiger partial charge is 0.317 e. The van der Waals surface area contributed by atoms with Crippen LogP contribution in [-0.4, -0.2) is 30.8 Å². The number of rotatable bonds is 8. The first-order valence-corrected chi connectivity index (χ1v) is 8.95. The first-order chi connectivity index (χ1) is 12.5. The maximum absolute atomic E-state index is 12.8. The van der Waals surface area contributed by atoms with Gasteiger partial charge in [-0.2, -0.15) is 0 Å². The average Bonchev–Trinajstić information content (AvgIpc) is 2.66. The number of halogens is 1. The Labute approximate surface area is 155 Å². The first kappa shape index (κ1) is 19.8. The van der Waals surface area contributed by atoms with Crippen molar-refractivity contribution >= 4 is 23.6 Å². The highest BCUT2D eigenvalue weighted by Gasteiger charge is 2.17. The molecule has 0 unspecified atom stereocenters. The van der Waals surface area contributed by atoms with E-state index in [-0.39, 0.29) is 18.1 Å². The number of methoxy groups -OCH3 is 1. The minimum atomic E-state index is -0.903. The fraction of sp³-hybridized carbons (Fsp3) is 0.263. The molecule has 0 bridgehead atoms. The van der Waals surface area contributed by atoms with Crippen LogP contribution in [-0.2, 0) is 20.9 Å². The molecule has 0 radical (unpaired) electrons. The van der Waals surface area contributed by atoms with Crippen molar-refractivity contribution in [2.45, 2.75) is 24.5 Å². The van der Waals surface area contributed by atoms with Crippen molar-refractivity contribution in [3.63, 3.8) is 0 Å². The van der Waals surface area contributed by atoms with Gasteiger partial charge < -0.3 is 14.8 Å². The SMILES string of the molecule is COc1ccc(SCC(=O)O[C@H](C)C(=O)NCc2ccc(F)cc2)cc1. The topological polar surface area (TPSA) is 64.6 Å². The van der Waals surface area contributed by atoms with Crippen LogP contribution in [0.25, 0.3) is 0 Å². The van der Waals surface area contributed by atoms with Gasteiger partial charge in [-0.25, -0.2) is 4.39 Å². The Balaban J connectivity index is 1.72. The quantitative estimate of drug-likeness (QED) is 0.565. The number of amides is 1. The first-order valence-electron chi connectivity index (χ1n) is 7.96. The number of carbonyl (C=O) groups is 2. The predicted molar refractivity (Wildman–Crippen MR) is 97.5 cm³/mol. The third kappa shape index (κ3) is 6.40. The van der Waals surface area contributed by atoms with Gasteiger partial charge in [0.1, 0.15) is 11.6 Å². The minimum absolute atomic E-state index is 0.0991. The van der Waals surface area contributed by atoms with Gasteiger partial charge in [0.2, 0.25) is 0 Å². The van der Waals surface area contributed by atoms with Crippen LogP contribution in [0.3, 0.4) is 0 Å². The minimum Gasteiger partial charge on any atom is -0.497 e. The van der Waals surface area contributed by atoms with Gasteiger partial charge in [0.25, 0.3) is 5.91 Å². The highest BCUT2D eigenvalue weighted by atomic mass is 32.2. The van der Waals surface area contributed by atoms with E-state index in [0.29, 0.717) is 0 Å². The Morgan fingerprint density at radius 3 is 2.38 bits per heavy atom. The van der Waals surface area contributed by atoms with E-state index in [9.17, 15) is 14.0 Å². The molecule has 0 aliphatic rings. The number of carbonyl (C=O) groups excluding carboxylic acids is 2. The molecule has 26 heavy (non-hydrogen) atoms. The normalized spacial score (nSPS) is 11.5. The van der Waals surface area contributed by atoms with E-state index < -0.39 is 18.0 Å². The third-order valence-electron chi connectivity index (χ3n) is 3.47. The molecule has 0 aliphatic carbocycles. The van der Waals surface area contributed by atoms with Gasteiger partial charge in [-0.05, 0) is 48.9 Å². The van der Waals surface area contributed by atoms with Crippen LogP contribution in [0.2, 0.25) is 0 Å². The number of thioether (sulfide) groups is 1. The van der Waals surface area contributed by atoms with Gasteiger partial charge in [-0.3, -0.25) is 9.59 Å². The molecule has 0 spiro atoms. The van der Waals surface area contributed by atoms with Crippen LogP contribution in [0, 0.1) is 5.82 Å². The van der Waals surface area contributed by atoms with Gasteiger partial charge in [-0.1, -0.05) is 12.1 Å². The highest BCUT2D eigenvalue weighted by molar-refractivity contribution is 8.00. The zero-order valence-corrected chi connectivity index (χ0v) is 15.3. The average molecular weight is 377 g/mol. The molecule has 5 nitrogen and oxygen atoms in total. The zero-order chi connectivity index (χ0) is 18.9. The van der Waals surface area contributed by atoms with Crippen molar-refractivity contribution in [2.75, 3.05) is 12.9 Å². The molecule has 1 atom stereocenters. The fourth-order valence-electron chi connectivity index (χ4n) is 2.03.